The molecule has 0 aromatic carbocycles. The molecule has 0 unspecified atom stereocenters. The Morgan fingerprint density at radius 2 is 2.07 bits per heavy atom. The molecule has 0 amide bonds. The van der Waals surface area contributed by atoms with Gasteiger partial charge in [0.2, 0.25) is 0 Å². The first kappa shape index (κ1) is 12.9. The van der Waals surface area contributed by atoms with E-state index in [1.807, 2.05) is 26.2 Å². The maximum absolute atomic E-state index is 10.2. The van der Waals surface area contributed by atoms with Crippen molar-refractivity contribution < 1.29 is 4.79 Å². The summed E-state index contributed by atoms with van der Waals surface area (Å²) in [5.41, 5.74) is 0.983. The summed E-state index contributed by atoms with van der Waals surface area (Å²) in [6.45, 7) is 7.41. The number of hydrogen-bond acceptors (Lipinski definition) is 2. The summed E-state index contributed by atoms with van der Waals surface area (Å²) in [5.74, 6) is 0.734. The number of aldehydes is 1. The number of carbonyl (C=O) groups is 1. The maximum Gasteiger partial charge on any atom is 0.143 e. The number of allylic oxidation sites excluding steroid dienone is 3. The largest absolute Gasteiger partial charge is 0.380 e. The van der Waals surface area contributed by atoms with Crippen LogP contribution in [0.15, 0.2) is 23.9 Å². The van der Waals surface area contributed by atoms with Crippen LogP contribution in [0.5, 0.6) is 0 Å². The standard InChI is InChI=1S/C12H21NO/c1-11(2)5-8-13(4)9-6-12(3)7-10-14/h6-7,9-11H,5,8H2,1-4H3/b9-6-,12-7-. The Bertz CT molecular complexity index is 216. The molecule has 0 rings (SSSR count). The van der Waals surface area contributed by atoms with Crippen molar-refractivity contribution >= 4 is 6.29 Å². The zero-order valence-electron chi connectivity index (χ0n) is 9.66. The Hall–Kier alpha value is -1.05. The Labute approximate surface area is 87.3 Å². The predicted octanol–water partition coefficient (Wildman–Crippen LogP) is 2.62. The van der Waals surface area contributed by atoms with Crippen LogP contribution >= 0.6 is 0 Å². The lowest BCUT2D eigenvalue weighted by Crippen LogP contribution is -2.13. The monoisotopic (exact) mass is 195 g/mol. The minimum Gasteiger partial charge on any atom is -0.380 e. The predicted molar refractivity (Wildman–Crippen MR) is 61.0 cm³/mol. The first-order chi connectivity index (χ1) is 6.56. The fourth-order valence-electron chi connectivity index (χ4n) is 0.944. The highest BCUT2D eigenvalue weighted by molar-refractivity contribution is 5.66. The normalized spacial score (nSPS) is 12.5. The lowest BCUT2D eigenvalue weighted by atomic mass is 10.1. The topological polar surface area (TPSA) is 20.3 Å². The highest BCUT2D eigenvalue weighted by Gasteiger charge is 1.95. The number of carbonyl (C=O) groups excluding carboxylic acids is 1. The Morgan fingerprint density at radius 3 is 2.57 bits per heavy atom. The van der Waals surface area contributed by atoms with Gasteiger partial charge in [0.15, 0.2) is 0 Å². The van der Waals surface area contributed by atoms with E-state index in [1.54, 1.807) is 6.08 Å². The van der Waals surface area contributed by atoms with Crippen molar-refractivity contribution in [2.45, 2.75) is 27.2 Å². The van der Waals surface area contributed by atoms with Gasteiger partial charge in [-0.05, 0) is 43.2 Å². The zero-order chi connectivity index (χ0) is 11.0. The van der Waals surface area contributed by atoms with Gasteiger partial charge in [-0.15, -0.1) is 0 Å². The summed E-state index contributed by atoms with van der Waals surface area (Å²) in [6.07, 6.45) is 7.53. The number of rotatable bonds is 6. The zero-order valence-corrected chi connectivity index (χ0v) is 9.66. The second-order valence-corrected chi connectivity index (χ2v) is 4.03. The minimum atomic E-state index is 0.734. The Morgan fingerprint density at radius 1 is 1.43 bits per heavy atom. The van der Waals surface area contributed by atoms with Crippen LogP contribution in [0.1, 0.15) is 27.2 Å². The molecule has 0 saturated carbocycles. The van der Waals surface area contributed by atoms with E-state index in [-0.39, 0.29) is 0 Å². The first-order valence-corrected chi connectivity index (χ1v) is 5.06. The molecule has 0 aromatic rings. The third kappa shape index (κ3) is 7.59. The summed E-state index contributed by atoms with van der Waals surface area (Å²) in [4.78, 5) is 12.3. The van der Waals surface area contributed by atoms with Crippen molar-refractivity contribution in [2.75, 3.05) is 13.6 Å². The fraction of sp³-hybridized carbons (Fsp3) is 0.583. The van der Waals surface area contributed by atoms with Gasteiger partial charge in [0.05, 0.1) is 0 Å². The summed E-state index contributed by atoms with van der Waals surface area (Å²) >= 11 is 0. The lowest BCUT2D eigenvalue weighted by molar-refractivity contribution is -0.104. The van der Waals surface area contributed by atoms with Crippen LogP contribution in [0.2, 0.25) is 0 Å². The SMILES string of the molecule is CC(/C=C\N(C)CCC(C)C)=C/C=O. The molecule has 0 spiro atoms. The van der Waals surface area contributed by atoms with Gasteiger partial charge in [0, 0.05) is 13.6 Å². The summed E-state index contributed by atoms with van der Waals surface area (Å²) in [7, 11) is 2.05. The molecular weight excluding hydrogens is 174 g/mol. The van der Waals surface area contributed by atoms with Crippen LogP contribution in [0, 0.1) is 5.92 Å². The van der Waals surface area contributed by atoms with Gasteiger partial charge in [-0.3, -0.25) is 4.79 Å². The van der Waals surface area contributed by atoms with Crippen molar-refractivity contribution in [1.82, 2.24) is 4.90 Å². The van der Waals surface area contributed by atoms with Crippen LogP contribution in [0.3, 0.4) is 0 Å². The quantitative estimate of drug-likeness (QED) is 0.369. The molecule has 0 fully saturated rings. The van der Waals surface area contributed by atoms with Gasteiger partial charge in [0.25, 0.3) is 0 Å². The van der Waals surface area contributed by atoms with E-state index in [0.717, 1.165) is 24.3 Å². The van der Waals surface area contributed by atoms with Crippen molar-refractivity contribution in [2.24, 2.45) is 5.92 Å². The molecule has 80 valence electrons. The first-order valence-electron chi connectivity index (χ1n) is 5.06. The van der Waals surface area contributed by atoms with Gasteiger partial charge in [-0.25, -0.2) is 0 Å². The van der Waals surface area contributed by atoms with Crippen LogP contribution in [0.25, 0.3) is 0 Å². The van der Waals surface area contributed by atoms with E-state index < -0.39 is 0 Å². The molecular formula is C12H21NO. The molecule has 2 heteroatoms. The van der Waals surface area contributed by atoms with E-state index >= 15 is 0 Å². The average molecular weight is 195 g/mol. The molecule has 0 saturated heterocycles. The molecule has 0 bridgehead atoms. The van der Waals surface area contributed by atoms with Crippen LogP contribution < -0.4 is 0 Å². The molecule has 0 radical (unpaired) electrons. The Kier molecular flexibility index (Phi) is 6.81. The molecule has 2 nitrogen and oxygen atoms in total. The summed E-state index contributed by atoms with van der Waals surface area (Å²) < 4.78 is 0. The van der Waals surface area contributed by atoms with E-state index in [0.29, 0.717) is 0 Å². The van der Waals surface area contributed by atoms with E-state index in [1.165, 1.54) is 6.42 Å². The van der Waals surface area contributed by atoms with Crippen molar-refractivity contribution in [3.63, 3.8) is 0 Å². The molecule has 0 aliphatic heterocycles. The molecule has 0 N–H and O–H groups in total. The second-order valence-electron chi connectivity index (χ2n) is 4.03. The summed E-state index contributed by atoms with van der Waals surface area (Å²) in [6, 6.07) is 0. The van der Waals surface area contributed by atoms with E-state index in [4.69, 9.17) is 0 Å². The van der Waals surface area contributed by atoms with Gasteiger partial charge in [-0.1, -0.05) is 13.8 Å². The van der Waals surface area contributed by atoms with Gasteiger partial charge in [-0.2, -0.15) is 0 Å². The molecule has 0 aromatic heterocycles. The molecule has 0 atom stereocenters. The summed E-state index contributed by atoms with van der Waals surface area (Å²) in [5, 5.41) is 0. The maximum atomic E-state index is 10.2. The third-order valence-electron chi connectivity index (χ3n) is 1.98. The molecule has 14 heavy (non-hydrogen) atoms. The van der Waals surface area contributed by atoms with Gasteiger partial charge in [0.1, 0.15) is 6.29 Å². The number of hydrogen-bond donors (Lipinski definition) is 0. The van der Waals surface area contributed by atoms with Crippen LogP contribution in [-0.4, -0.2) is 24.8 Å². The minimum absolute atomic E-state index is 0.734. The molecule has 0 aliphatic rings. The third-order valence-corrected chi connectivity index (χ3v) is 1.98. The lowest BCUT2D eigenvalue weighted by Gasteiger charge is -2.15. The van der Waals surface area contributed by atoms with Crippen LogP contribution in [-0.2, 0) is 4.79 Å². The molecule has 0 aliphatic carbocycles. The second kappa shape index (κ2) is 7.36. The van der Waals surface area contributed by atoms with Gasteiger partial charge < -0.3 is 4.90 Å². The smallest absolute Gasteiger partial charge is 0.143 e. The van der Waals surface area contributed by atoms with Crippen LogP contribution in [0.4, 0.5) is 0 Å². The van der Waals surface area contributed by atoms with Crippen molar-refractivity contribution in [3.05, 3.63) is 23.9 Å². The van der Waals surface area contributed by atoms with Crippen molar-refractivity contribution in [1.29, 1.82) is 0 Å². The highest BCUT2D eigenvalue weighted by atomic mass is 16.1. The average Bonchev–Trinajstić information content (AvgIpc) is 2.12. The highest BCUT2D eigenvalue weighted by Crippen LogP contribution is 2.01. The number of nitrogens with zero attached hydrogens (tertiary/aromatic N) is 1. The van der Waals surface area contributed by atoms with E-state index in [2.05, 4.69) is 18.7 Å². The fourth-order valence-corrected chi connectivity index (χ4v) is 0.944. The Balaban J connectivity index is 3.86. The van der Waals surface area contributed by atoms with E-state index in [9.17, 15) is 4.79 Å². The van der Waals surface area contributed by atoms with Crippen molar-refractivity contribution in [3.8, 4) is 0 Å². The molecule has 0 heterocycles. The van der Waals surface area contributed by atoms with Gasteiger partial charge >= 0.3 is 0 Å².